The standard InChI is InChI=1S/C12H11N5OS2/c1-14-11-16-17-12(20-11)19-7-10(18)15-9-4-2-8(6-13)3-5-9/h2-5H,7H2,1H3,(H,14,16)(H,15,18). The van der Waals surface area contributed by atoms with Crippen molar-refractivity contribution in [3.8, 4) is 6.07 Å². The molecule has 1 aromatic carbocycles. The Hall–Kier alpha value is -2.11. The van der Waals surface area contributed by atoms with Crippen LogP contribution in [0, 0.1) is 11.3 Å². The predicted octanol–water partition coefficient (Wildman–Crippen LogP) is 2.18. The Labute approximate surface area is 124 Å². The van der Waals surface area contributed by atoms with Crippen molar-refractivity contribution in [1.29, 1.82) is 5.26 Å². The van der Waals surface area contributed by atoms with E-state index in [1.165, 1.54) is 23.1 Å². The predicted molar refractivity (Wildman–Crippen MR) is 80.0 cm³/mol. The van der Waals surface area contributed by atoms with E-state index >= 15 is 0 Å². The highest BCUT2D eigenvalue weighted by Gasteiger charge is 2.07. The highest BCUT2D eigenvalue weighted by atomic mass is 32.2. The number of aromatic nitrogens is 2. The molecule has 0 unspecified atom stereocenters. The Kier molecular flexibility index (Phi) is 4.92. The monoisotopic (exact) mass is 305 g/mol. The Balaban J connectivity index is 1.84. The van der Waals surface area contributed by atoms with Gasteiger partial charge in [0.05, 0.1) is 17.4 Å². The van der Waals surface area contributed by atoms with Crippen molar-refractivity contribution in [2.75, 3.05) is 23.4 Å². The lowest BCUT2D eigenvalue weighted by Crippen LogP contribution is -2.13. The highest BCUT2D eigenvalue weighted by Crippen LogP contribution is 2.25. The number of thioether (sulfide) groups is 1. The number of hydrogen-bond acceptors (Lipinski definition) is 7. The fourth-order valence-electron chi connectivity index (χ4n) is 1.32. The van der Waals surface area contributed by atoms with Gasteiger partial charge in [0.1, 0.15) is 0 Å². The van der Waals surface area contributed by atoms with Crippen molar-refractivity contribution >= 4 is 39.8 Å². The van der Waals surface area contributed by atoms with Crippen LogP contribution in [0.2, 0.25) is 0 Å². The third kappa shape index (κ3) is 3.94. The van der Waals surface area contributed by atoms with Gasteiger partial charge in [0.15, 0.2) is 4.34 Å². The Morgan fingerprint density at radius 1 is 1.40 bits per heavy atom. The van der Waals surface area contributed by atoms with Crippen LogP contribution in [0.1, 0.15) is 5.56 Å². The van der Waals surface area contributed by atoms with Crippen LogP contribution in [-0.2, 0) is 4.79 Å². The van der Waals surface area contributed by atoms with Gasteiger partial charge in [-0.05, 0) is 24.3 Å². The summed E-state index contributed by atoms with van der Waals surface area (Å²) in [4.78, 5) is 11.8. The zero-order valence-electron chi connectivity index (χ0n) is 10.6. The second kappa shape index (κ2) is 6.88. The molecular formula is C12H11N5OS2. The van der Waals surface area contributed by atoms with Crippen molar-refractivity contribution in [3.05, 3.63) is 29.8 Å². The summed E-state index contributed by atoms with van der Waals surface area (Å²) in [5, 5.41) is 22.9. The van der Waals surface area contributed by atoms with Gasteiger partial charge in [0, 0.05) is 12.7 Å². The van der Waals surface area contributed by atoms with Crippen LogP contribution < -0.4 is 10.6 Å². The topological polar surface area (TPSA) is 90.7 Å². The number of carbonyl (C=O) groups excluding carboxylic acids is 1. The van der Waals surface area contributed by atoms with Crippen molar-refractivity contribution in [3.63, 3.8) is 0 Å². The molecule has 6 nitrogen and oxygen atoms in total. The van der Waals surface area contributed by atoms with Gasteiger partial charge in [-0.3, -0.25) is 4.79 Å². The largest absolute Gasteiger partial charge is 0.363 e. The summed E-state index contributed by atoms with van der Waals surface area (Å²) >= 11 is 2.73. The SMILES string of the molecule is CNc1nnc(SCC(=O)Nc2ccc(C#N)cc2)s1. The van der Waals surface area contributed by atoms with E-state index in [0.29, 0.717) is 11.3 Å². The zero-order valence-corrected chi connectivity index (χ0v) is 12.2. The van der Waals surface area contributed by atoms with Gasteiger partial charge in [-0.15, -0.1) is 10.2 Å². The summed E-state index contributed by atoms with van der Waals surface area (Å²) in [6.45, 7) is 0. The maximum absolute atomic E-state index is 11.8. The van der Waals surface area contributed by atoms with E-state index < -0.39 is 0 Å². The van der Waals surface area contributed by atoms with E-state index in [0.717, 1.165) is 9.47 Å². The number of nitriles is 1. The third-order valence-corrected chi connectivity index (χ3v) is 4.32. The molecule has 0 bridgehead atoms. The molecule has 2 rings (SSSR count). The first kappa shape index (κ1) is 14.3. The molecule has 0 radical (unpaired) electrons. The van der Waals surface area contributed by atoms with Crippen LogP contribution in [0.25, 0.3) is 0 Å². The van der Waals surface area contributed by atoms with Gasteiger partial charge in [0.25, 0.3) is 0 Å². The van der Waals surface area contributed by atoms with Crippen LogP contribution in [0.15, 0.2) is 28.6 Å². The Morgan fingerprint density at radius 3 is 2.75 bits per heavy atom. The number of nitrogens with one attached hydrogen (secondary N) is 2. The summed E-state index contributed by atoms with van der Waals surface area (Å²) in [6.07, 6.45) is 0. The molecule has 8 heteroatoms. The molecule has 1 aromatic heterocycles. The second-order valence-corrected chi connectivity index (χ2v) is 5.85. The van der Waals surface area contributed by atoms with E-state index in [4.69, 9.17) is 5.26 Å². The fraction of sp³-hybridized carbons (Fsp3) is 0.167. The number of carbonyl (C=O) groups is 1. The lowest BCUT2D eigenvalue weighted by Gasteiger charge is -2.03. The van der Waals surface area contributed by atoms with E-state index in [2.05, 4.69) is 20.8 Å². The van der Waals surface area contributed by atoms with Crippen LogP contribution >= 0.6 is 23.1 Å². The van der Waals surface area contributed by atoms with Crippen molar-refractivity contribution in [2.24, 2.45) is 0 Å². The normalized spacial score (nSPS) is 9.80. The molecule has 0 saturated carbocycles. The molecule has 1 heterocycles. The molecule has 2 aromatic rings. The maximum Gasteiger partial charge on any atom is 0.234 e. The molecule has 20 heavy (non-hydrogen) atoms. The molecular weight excluding hydrogens is 294 g/mol. The molecule has 2 N–H and O–H groups in total. The van der Waals surface area contributed by atoms with Gasteiger partial charge in [-0.2, -0.15) is 5.26 Å². The first-order chi connectivity index (χ1) is 9.71. The maximum atomic E-state index is 11.8. The number of nitrogens with zero attached hydrogens (tertiary/aromatic N) is 3. The second-order valence-electron chi connectivity index (χ2n) is 3.65. The number of anilines is 2. The molecule has 0 aliphatic heterocycles. The van der Waals surface area contributed by atoms with Gasteiger partial charge in [-0.1, -0.05) is 23.1 Å². The lowest BCUT2D eigenvalue weighted by atomic mass is 10.2. The molecule has 0 fully saturated rings. The van der Waals surface area contributed by atoms with Crippen molar-refractivity contribution < 1.29 is 4.79 Å². The molecule has 102 valence electrons. The quantitative estimate of drug-likeness (QED) is 0.823. The number of benzene rings is 1. The Morgan fingerprint density at radius 2 is 2.15 bits per heavy atom. The van der Waals surface area contributed by atoms with Crippen molar-refractivity contribution in [2.45, 2.75) is 4.34 Å². The Bertz CT molecular complexity index is 632. The van der Waals surface area contributed by atoms with E-state index in [1.54, 1.807) is 31.3 Å². The highest BCUT2D eigenvalue weighted by molar-refractivity contribution is 8.01. The van der Waals surface area contributed by atoms with Gasteiger partial charge < -0.3 is 10.6 Å². The lowest BCUT2D eigenvalue weighted by molar-refractivity contribution is -0.113. The fourth-order valence-corrected chi connectivity index (χ4v) is 2.83. The zero-order chi connectivity index (χ0) is 14.4. The summed E-state index contributed by atoms with van der Waals surface area (Å²) in [5.41, 5.74) is 1.23. The molecule has 0 aliphatic rings. The minimum Gasteiger partial charge on any atom is -0.363 e. The molecule has 0 atom stereocenters. The first-order valence-electron chi connectivity index (χ1n) is 5.65. The summed E-state index contributed by atoms with van der Waals surface area (Å²) in [5.74, 6) is 0.138. The van der Waals surface area contributed by atoms with Gasteiger partial charge in [0.2, 0.25) is 11.0 Å². The van der Waals surface area contributed by atoms with E-state index in [9.17, 15) is 4.79 Å². The minimum atomic E-state index is -0.124. The van der Waals surface area contributed by atoms with Crippen molar-refractivity contribution in [1.82, 2.24) is 10.2 Å². The number of rotatable bonds is 5. The van der Waals surface area contributed by atoms with Crippen LogP contribution in [0.4, 0.5) is 10.8 Å². The van der Waals surface area contributed by atoms with Gasteiger partial charge in [-0.25, -0.2) is 0 Å². The smallest absolute Gasteiger partial charge is 0.234 e. The van der Waals surface area contributed by atoms with Gasteiger partial charge >= 0.3 is 0 Å². The van der Waals surface area contributed by atoms with Crippen LogP contribution in [-0.4, -0.2) is 28.9 Å². The molecule has 0 spiro atoms. The minimum absolute atomic E-state index is 0.124. The average Bonchev–Trinajstić information content (AvgIpc) is 2.94. The first-order valence-corrected chi connectivity index (χ1v) is 7.45. The summed E-state index contributed by atoms with van der Waals surface area (Å²) in [7, 11) is 1.77. The molecule has 1 amide bonds. The summed E-state index contributed by atoms with van der Waals surface area (Å²) in [6, 6.07) is 8.74. The van der Waals surface area contributed by atoms with E-state index in [-0.39, 0.29) is 11.7 Å². The number of amides is 1. The summed E-state index contributed by atoms with van der Waals surface area (Å²) < 4.78 is 0.740. The van der Waals surface area contributed by atoms with Crippen LogP contribution in [0.5, 0.6) is 0 Å². The molecule has 0 saturated heterocycles. The average molecular weight is 305 g/mol. The number of hydrogen-bond donors (Lipinski definition) is 2. The van der Waals surface area contributed by atoms with Crippen LogP contribution in [0.3, 0.4) is 0 Å². The molecule has 0 aliphatic carbocycles. The van der Waals surface area contributed by atoms with E-state index in [1.807, 2.05) is 6.07 Å². The third-order valence-electron chi connectivity index (χ3n) is 2.24.